The van der Waals surface area contributed by atoms with Crippen LogP contribution in [-0.2, 0) is 6.54 Å². The number of carbonyl (C=O) groups excluding carboxylic acids is 1. The molecule has 21 heavy (non-hydrogen) atoms. The lowest BCUT2D eigenvalue weighted by Gasteiger charge is -2.03. The molecule has 0 bridgehead atoms. The zero-order valence-electron chi connectivity index (χ0n) is 11.3. The summed E-state index contributed by atoms with van der Waals surface area (Å²) in [7, 11) is 0. The zero-order chi connectivity index (χ0) is 14.7. The molecule has 1 unspecified atom stereocenters. The third-order valence-corrected chi connectivity index (χ3v) is 3.62. The topological polar surface area (TPSA) is 80.0 Å². The highest BCUT2D eigenvalue weighted by molar-refractivity contribution is 6.30. The van der Waals surface area contributed by atoms with Crippen LogP contribution in [0.1, 0.15) is 41.0 Å². The minimum Gasteiger partial charge on any atom is -0.345 e. The first-order valence-corrected chi connectivity index (χ1v) is 7.20. The Morgan fingerprint density at radius 2 is 2.24 bits per heavy atom. The molecule has 0 radical (unpaired) electrons. The van der Waals surface area contributed by atoms with Gasteiger partial charge in [0.15, 0.2) is 0 Å². The molecule has 1 fully saturated rings. The van der Waals surface area contributed by atoms with Gasteiger partial charge >= 0.3 is 0 Å². The quantitative estimate of drug-likeness (QED) is 0.904. The van der Waals surface area contributed by atoms with E-state index in [9.17, 15) is 4.79 Å². The van der Waals surface area contributed by atoms with E-state index in [0.29, 0.717) is 17.5 Å². The van der Waals surface area contributed by atoms with E-state index in [1.807, 2.05) is 12.1 Å². The Morgan fingerprint density at radius 3 is 2.95 bits per heavy atom. The van der Waals surface area contributed by atoms with Crippen LogP contribution in [0.2, 0.25) is 5.02 Å². The first kappa shape index (κ1) is 14.0. The van der Waals surface area contributed by atoms with Crippen LogP contribution in [0.3, 0.4) is 0 Å². The smallest absolute Gasteiger partial charge is 0.292 e. The van der Waals surface area contributed by atoms with Crippen LogP contribution in [0.15, 0.2) is 28.8 Å². The Labute approximate surface area is 126 Å². The van der Waals surface area contributed by atoms with Crippen molar-refractivity contribution in [3.8, 4) is 0 Å². The van der Waals surface area contributed by atoms with E-state index in [1.165, 1.54) is 0 Å². The van der Waals surface area contributed by atoms with Crippen LogP contribution < -0.4 is 10.6 Å². The summed E-state index contributed by atoms with van der Waals surface area (Å²) in [6.45, 7) is 1.33. The van der Waals surface area contributed by atoms with Crippen LogP contribution >= 0.6 is 11.6 Å². The second-order valence-corrected chi connectivity index (χ2v) is 5.35. The molecule has 1 aliphatic rings. The first-order chi connectivity index (χ1) is 10.2. The van der Waals surface area contributed by atoms with Crippen molar-refractivity contribution in [1.82, 2.24) is 20.8 Å². The minimum atomic E-state index is -0.349. The standard InChI is InChI=1S/C14H15ClN4O2/c15-10-5-3-9(4-6-10)8-17-13(20)12-18-14(21-19-12)11-2-1-7-16-11/h3-6,11,16H,1-2,7-8H2,(H,17,20). The van der Waals surface area contributed by atoms with E-state index in [-0.39, 0.29) is 17.8 Å². The van der Waals surface area contributed by atoms with Gasteiger partial charge in [0.1, 0.15) is 0 Å². The fourth-order valence-electron chi connectivity index (χ4n) is 2.23. The fourth-order valence-corrected chi connectivity index (χ4v) is 2.35. The maximum Gasteiger partial charge on any atom is 0.292 e. The Hall–Kier alpha value is -1.92. The van der Waals surface area contributed by atoms with E-state index in [4.69, 9.17) is 16.1 Å². The molecule has 1 aromatic heterocycles. The summed E-state index contributed by atoms with van der Waals surface area (Å²) in [5.41, 5.74) is 0.953. The number of rotatable bonds is 4. The van der Waals surface area contributed by atoms with Crippen molar-refractivity contribution in [2.75, 3.05) is 6.54 Å². The van der Waals surface area contributed by atoms with E-state index in [0.717, 1.165) is 24.9 Å². The summed E-state index contributed by atoms with van der Waals surface area (Å²) in [6, 6.07) is 7.33. The van der Waals surface area contributed by atoms with Crippen LogP contribution in [0.4, 0.5) is 0 Å². The lowest BCUT2D eigenvalue weighted by Crippen LogP contribution is -2.24. The molecule has 1 amide bonds. The third kappa shape index (κ3) is 3.40. The summed E-state index contributed by atoms with van der Waals surface area (Å²) in [5, 5.41) is 10.4. The normalized spacial score (nSPS) is 17.9. The molecule has 2 aromatic rings. The minimum absolute atomic E-state index is 0.0627. The summed E-state index contributed by atoms with van der Waals surface area (Å²) in [4.78, 5) is 16.1. The average molecular weight is 307 g/mol. The summed E-state index contributed by atoms with van der Waals surface area (Å²) >= 11 is 5.81. The monoisotopic (exact) mass is 306 g/mol. The molecule has 1 aromatic carbocycles. The molecule has 7 heteroatoms. The number of aromatic nitrogens is 2. The second-order valence-electron chi connectivity index (χ2n) is 4.91. The van der Waals surface area contributed by atoms with Gasteiger partial charge in [-0.2, -0.15) is 4.98 Å². The molecule has 2 heterocycles. The summed E-state index contributed by atoms with van der Waals surface area (Å²) < 4.78 is 5.14. The van der Waals surface area contributed by atoms with E-state index in [1.54, 1.807) is 12.1 Å². The molecule has 2 N–H and O–H groups in total. The van der Waals surface area contributed by atoms with Gasteiger partial charge < -0.3 is 15.2 Å². The fraction of sp³-hybridized carbons (Fsp3) is 0.357. The van der Waals surface area contributed by atoms with E-state index >= 15 is 0 Å². The predicted octanol–water partition coefficient (Wildman–Crippen LogP) is 2.08. The number of nitrogens with zero attached hydrogens (tertiary/aromatic N) is 2. The molecule has 1 saturated heterocycles. The number of hydrogen-bond donors (Lipinski definition) is 2. The third-order valence-electron chi connectivity index (χ3n) is 3.37. The number of nitrogens with one attached hydrogen (secondary N) is 2. The average Bonchev–Trinajstić information content (AvgIpc) is 3.17. The molecule has 1 aliphatic heterocycles. The molecule has 6 nitrogen and oxygen atoms in total. The predicted molar refractivity (Wildman–Crippen MR) is 76.9 cm³/mol. The number of halogens is 1. The van der Waals surface area contributed by atoms with Gasteiger partial charge in [0.25, 0.3) is 11.7 Å². The molecule has 3 rings (SSSR count). The van der Waals surface area contributed by atoms with Crippen molar-refractivity contribution in [3.05, 3.63) is 46.6 Å². The highest BCUT2D eigenvalue weighted by Crippen LogP contribution is 2.21. The zero-order valence-corrected chi connectivity index (χ0v) is 12.1. The van der Waals surface area contributed by atoms with Crippen LogP contribution in [-0.4, -0.2) is 22.6 Å². The maximum atomic E-state index is 12.0. The molecule has 110 valence electrons. The lowest BCUT2D eigenvalue weighted by molar-refractivity contribution is 0.0937. The van der Waals surface area contributed by atoms with Crippen molar-refractivity contribution in [2.45, 2.75) is 25.4 Å². The highest BCUT2D eigenvalue weighted by Gasteiger charge is 2.24. The summed E-state index contributed by atoms with van der Waals surface area (Å²) in [6.07, 6.45) is 2.03. The van der Waals surface area contributed by atoms with Crippen molar-refractivity contribution < 1.29 is 9.32 Å². The highest BCUT2D eigenvalue weighted by atomic mass is 35.5. The van der Waals surface area contributed by atoms with Gasteiger partial charge in [-0.25, -0.2) is 0 Å². The largest absolute Gasteiger partial charge is 0.345 e. The van der Waals surface area contributed by atoms with Crippen LogP contribution in [0, 0.1) is 0 Å². The number of benzene rings is 1. The van der Waals surface area contributed by atoms with Crippen molar-refractivity contribution >= 4 is 17.5 Å². The number of amides is 1. The van der Waals surface area contributed by atoms with Crippen molar-refractivity contribution in [3.63, 3.8) is 0 Å². The van der Waals surface area contributed by atoms with Crippen LogP contribution in [0.25, 0.3) is 0 Å². The Kier molecular flexibility index (Phi) is 4.17. The molecule has 0 saturated carbocycles. The molecular formula is C14H15ClN4O2. The van der Waals surface area contributed by atoms with Gasteiger partial charge in [0, 0.05) is 11.6 Å². The molecular weight excluding hydrogens is 292 g/mol. The van der Waals surface area contributed by atoms with Gasteiger partial charge in [-0.05, 0) is 37.1 Å². The van der Waals surface area contributed by atoms with Gasteiger partial charge in [-0.1, -0.05) is 28.9 Å². The van der Waals surface area contributed by atoms with Crippen molar-refractivity contribution in [2.24, 2.45) is 0 Å². The number of hydrogen-bond acceptors (Lipinski definition) is 5. The van der Waals surface area contributed by atoms with Gasteiger partial charge in [-0.3, -0.25) is 4.79 Å². The molecule has 0 aliphatic carbocycles. The Bertz CT molecular complexity index is 620. The first-order valence-electron chi connectivity index (χ1n) is 6.82. The Morgan fingerprint density at radius 1 is 1.43 bits per heavy atom. The van der Waals surface area contributed by atoms with Gasteiger partial charge in [-0.15, -0.1) is 0 Å². The number of carbonyl (C=O) groups is 1. The molecule has 1 atom stereocenters. The van der Waals surface area contributed by atoms with E-state index in [2.05, 4.69) is 20.8 Å². The SMILES string of the molecule is O=C(NCc1ccc(Cl)cc1)c1noc(C2CCCN2)n1. The summed E-state index contributed by atoms with van der Waals surface area (Å²) in [5.74, 6) is 0.190. The van der Waals surface area contributed by atoms with Gasteiger partial charge in [0.05, 0.1) is 6.04 Å². The van der Waals surface area contributed by atoms with Crippen LogP contribution in [0.5, 0.6) is 0 Å². The van der Waals surface area contributed by atoms with E-state index < -0.39 is 0 Å². The maximum absolute atomic E-state index is 12.0. The van der Waals surface area contributed by atoms with Gasteiger partial charge in [0.2, 0.25) is 5.89 Å². The Balaban J connectivity index is 1.59. The second kappa shape index (κ2) is 6.24. The lowest BCUT2D eigenvalue weighted by atomic mass is 10.2. The van der Waals surface area contributed by atoms with Crippen molar-refractivity contribution in [1.29, 1.82) is 0 Å². The molecule has 0 spiro atoms.